The highest BCUT2D eigenvalue weighted by Gasteiger charge is 2.16. The minimum atomic E-state index is -0.0509. The number of hydrogen-bond acceptors (Lipinski definition) is 5. The predicted molar refractivity (Wildman–Crippen MR) is 86.3 cm³/mol. The highest BCUT2D eigenvalue weighted by Crippen LogP contribution is 2.21. The molecule has 0 bridgehead atoms. The van der Waals surface area contributed by atoms with Gasteiger partial charge in [0.25, 0.3) is 5.91 Å². The van der Waals surface area contributed by atoms with Gasteiger partial charge in [0.05, 0.1) is 16.8 Å². The zero-order chi connectivity index (χ0) is 15.8. The van der Waals surface area contributed by atoms with Crippen LogP contribution in [0.5, 0.6) is 5.75 Å². The molecule has 0 aliphatic heterocycles. The van der Waals surface area contributed by atoms with Gasteiger partial charge in [0.1, 0.15) is 12.4 Å². The number of rotatable bonds is 8. The maximum Gasteiger partial charge on any atom is 0.257 e. The summed E-state index contributed by atoms with van der Waals surface area (Å²) in [4.78, 5) is 18.4. The van der Waals surface area contributed by atoms with Crippen molar-refractivity contribution < 1.29 is 14.3 Å². The van der Waals surface area contributed by atoms with Crippen LogP contribution in [0.3, 0.4) is 0 Å². The summed E-state index contributed by atoms with van der Waals surface area (Å²) in [7, 11) is 3.44. The van der Waals surface area contributed by atoms with Gasteiger partial charge in [-0.1, -0.05) is 12.1 Å². The fraction of sp³-hybridized carbons (Fsp3) is 0.375. The van der Waals surface area contributed by atoms with Crippen LogP contribution in [0.25, 0.3) is 0 Å². The van der Waals surface area contributed by atoms with Crippen molar-refractivity contribution in [1.82, 2.24) is 9.88 Å². The molecule has 0 fully saturated rings. The summed E-state index contributed by atoms with van der Waals surface area (Å²) in [6, 6.07) is 7.29. The van der Waals surface area contributed by atoms with Crippen LogP contribution in [0.4, 0.5) is 0 Å². The van der Waals surface area contributed by atoms with Crippen molar-refractivity contribution in [3.63, 3.8) is 0 Å². The average Bonchev–Trinajstić information content (AvgIpc) is 3.06. The molecule has 2 aromatic rings. The Morgan fingerprint density at radius 3 is 2.91 bits per heavy atom. The third-order valence-electron chi connectivity index (χ3n) is 3.17. The lowest BCUT2D eigenvalue weighted by Crippen LogP contribution is -2.28. The van der Waals surface area contributed by atoms with Gasteiger partial charge in [-0.05, 0) is 18.6 Å². The molecule has 0 aliphatic rings. The molecule has 1 heterocycles. The third kappa shape index (κ3) is 4.54. The first-order valence-electron chi connectivity index (χ1n) is 7.05. The number of amides is 1. The van der Waals surface area contributed by atoms with E-state index in [1.165, 1.54) is 11.3 Å². The van der Waals surface area contributed by atoms with Gasteiger partial charge < -0.3 is 14.4 Å². The van der Waals surface area contributed by atoms with Crippen molar-refractivity contribution >= 4 is 17.2 Å². The van der Waals surface area contributed by atoms with Crippen LogP contribution in [-0.4, -0.2) is 43.1 Å². The predicted octanol–water partition coefficient (Wildman–Crippen LogP) is 2.83. The monoisotopic (exact) mass is 320 g/mol. The van der Waals surface area contributed by atoms with Gasteiger partial charge in [0.2, 0.25) is 0 Å². The smallest absolute Gasteiger partial charge is 0.257 e. The number of carbonyl (C=O) groups is 1. The normalized spacial score (nSPS) is 10.5. The summed E-state index contributed by atoms with van der Waals surface area (Å²) in [6.07, 6.45) is 0.806. The van der Waals surface area contributed by atoms with Crippen LogP contribution in [0.2, 0.25) is 0 Å². The van der Waals surface area contributed by atoms with Crippen LogP contribution in [0, 0.1) is 0 Å². The van der Waals surface area contributed by atoms with Crippen molar-refractivity contribution in [2.45, 2.75) is 13.0 Å². The van der Waals surface area contributed by atoms with Gasteiger partial charge in [0.15, 0.2) is 0 Å². The molecule has 0 N–H and O–H groups in total. The third-order valence-corrected chi connectivity index (χ3v) is 3.80. The molecule has 5 nitrogen and oxygen atoms in total. The van der Waals surface area contributed by atoms with E-state index in [0.29, 0.717) is 31.1 Å². The fourth-order valence-electron chi connectivity index (χ4n) is 1.98. The summed E-state index contributed by atoms with van der Waals surface area (Å²) in [5.41, 5.74) is 3.19. The zero-order valence-electron chi connectivity index (χ0n) is 12.8. The summed E-state index contributed by atoms with van der Waals surface area (Å²) in [5.74, 6) is 0.532. The molecule has 0 spiro atoms. The van der Waals surface area contributed by atoms with Crippen LogP contribution >= 0.6 is 11.3 Å². The molecular weight excluding hydrogens is 300 g/mol. The van der Waals surface area contributed by atoms with Crippen molar-refractivity contribution in [3.8, 4) is 5.75 Å². The van der Waals surface area contributed by atoms with E-state index in [-0.39, 0.29) is 5.91 Å². The molecule has 0 saturated heterocycles. The molecular formula is C16H20N2O3S. The maximum absolute atomic E-state index is 12.5. The topological polar surface area (TPSA) is 51.7 Å². The molecule has 22 heavy (non-hydrogen) atoms. The number of ether oxygens (including phenoxy) is 2. The molecule has 1 amide bonds. The van der Waals surface area contributed by atoms with Crippen molar-refractivity contribution in [3.05, 3.63) is 46.4 Å². The Hall–Kier alpha value is -1.92. The van der Waals surface area contributed by atoms with Crippen LogP contribution in [0.1, 0.15) is 22.5 Å². The van der Waals surface area contributed by atoms with Crippen LogP contribution in [0.15, 0.2) is 35.2 Å². The van der Waals surface area contributed by atoms with E-state index in [4.69, 9.17) is 9.47 Å². The summed E-state index contributed by atoms with van der Waals surface area (Å²) in [6.45, 7) is 1.65. The lowest BCUT2D eigenvalue weighted by atomic mass is 10.1. The number of aromatic nitrogens is 1. The first-order chi connectivity index (χ1) is 10.7. The van der Waals surface area contributed by atoms with E-state index >= 15 is 0 Å². The lowest BCUT2D eigenvalue weighted by Gasteiger charge is -2.18. The van der Waals surface area contributed by atoms with Crippen molar-refractivity contribution in [2.75, 3.05) is 27.3 Å². The van der Waals surface area contributed by atoms with Crippen LogP contribution in [-0.2, 0) is 11.3 Å². The Labute approximate surface area is 134 Å². The minimum absolute atomic E-state index is 0.0509. The Morgan fingerprint density at radius 1 is 1.36 bits per heavy atom. The van der Waals surface area contributed by atoms with E-state index in [1.54, 1.807) is 30.6 Å². The second-order valence-corrected chi connectivity index (χ2v) is 5.56. The molecule has 6 heteroatoms. The molecule has 0 unspecified atom stereocenters. The second-order valence-electron chi connectivity index (χ2n) is 4.84. The van der Waals surface area contributed by atoms with Gasteiger partial charge >= 0.3 is 0 Å². The van der Waals surface area contributed by atoms with Gasteiger partial charge in [-0.15, -0.1) is 11.3 Å². The van der Waals surface area contributed by atoms with Crippen LogP contribution < -0.4 is 4.74 Å². The molecule has 1 aromatic carbocycles. The number of hydrogen-bond donors (Lipinski definition) is 0. The summed E-state index contributed by atoms with van der Waals surface area (Å²) < 4.78 is 10.8. The average molecular weight is 320 g/mol. The standard InChI is InChI=1S/C16H20N2O3S/c1-18(8-5-9-20-2)16(19)14-6-3-4-7-15(14)21-10-13-11-22-12-17-13/h3-4,6-7,11-12H,5,8-10H2,1-2H3. The van der Waals surface area contributed by atoms with E-state index in [2.05, 4.69) is 4.98 Å². The summed E-state index contributed by atoms with van der Waals surface area (Å²) in [5, 5.41) is 1.93. The van der Waals surface area contributed by atoms with Crippen molar-refractivity contribution in [1.29, 1.82) is 0 Å². The van der Waals surface area contributed by atoms with E-state index in [9.17, 15) is 4.79 Å². The SMILES string of the molecule is COCCCN(C)C(=O)c1ccccc1OCc1cscn1. The first kappa shape index (κ1) is 16.5. The van der Waals surface area contributed by atoms with Gasteiger partial charge in [0, 0.05) is 32.7 Å². The number of thiazole rings is 1. The first-order valence-corrected chi connectivity index (χ1v) is 8.00. The number of para-hydroxylation sites is 1. The fourth-order valence-corrected chi connectivity index (χ4v) is 2.53. The molecule has 0 aliphatic carbocycles. The lowest BCUT2D eigenvalue weighted by molar-refractivity contribution is 0.0774. The Balaban J connectivity index is 2.01. The Morgan fingerprint density at radius 2 is 2.18 bits per heavy atom. The Bertz CT molecular complexity index is 587. The number of benzene rings is 1. The number of carbonyl (C=O) groups excluding carboxylic acids is 1. The zero-order valence-corrected chi connectivity index (χ0v) is 13.6. The molecule has 1 aromatic heterocycles. The maximum atomic E-state index is 12.5. The second kappa shape index (κ2) is 8.51. The summed E-state index contributed by atoms with van der Waals surface area (Å²) >= 11 is 1.52. The molecule has 0 saturated carbocycles. The highest BCUT2D eigenvalue weighted by atomic mass is 32.1. The van der Waals surface area contributed by atoms with E-state index < -0.39 is 0 Å². The van der Waals surface area contributed by atoms with Gasteiger partial charge in [-0.3, -0.25) is 4.79 Å². The van der Waals surface area contributed by atoms with E-state index in [1.807, 2.05) is 23.6 Å². The number of nitrogens with zero attached hydrogens (tertiary/aromatic N) is 2. The largest absolute Gasteiger partial charge is 0.486 e. The highest BCUT2D eigenvalue weighted by molar-refractivity contribution is 7.07. The van der Waals surface area contributed by atoms with Crippen molar-refractivity contribution in [2.24, 2.45) is 0 Å². The minimum Gasteiger partial charge on any atom is -0.486 e. The van der Waals surface area contributed by atoms with Gasteiger partial charge in [-0.2, -0.15) is 0 Å². The molecule has 118 valence electrons. The molecule has 0 radical (unpaired) electrons. The Kier molecular flexibility index (Phi) is 6.36. The van der Waals surface area contributed by atoms with E-state index in [0.717, 1.165) is 12.1 Å². The quantitative estimate of drug-likeness (QED) is 0.702. The van der Waals surface area contributed by atoms with Gasteiger partial charge in [-0.25, -0.2) is 4.98 Å². The molecule has 0 atom stereocenters. The number of methoxy groups -OCH3 is 1. The molecule has 2 rings (SSSR count).